The fraction of sp³-hybridized carbons (Fsp3) is 0.720. The summed E-state index contributed by atoms with van der Waals surface area (Å²) in [4.78, 5) is 12.3. The Balaban J connectivity index is 0.00000306. The van der Waals surface area contributed by atoms with E-state index in [1.54, 1.807) is 14.2 Å². The summed E-state index contributed by atoms with van der Waals surface area (Å²) < 4.78 is 11.0. The van der Waals surface area contributed by atoms with Gasteiger partial charge in [-0.1, -0.05) is 6.42 Å². The Morgan fingerprint density at radius 1 is 0.970 bits per heavy atom. The van der Waals surface area contributed by atoms with Crippen LogP contribution in [0.2, 0.25) is 0 Å². The van der Waals surface area contributed by atoms with E-state index >= 15 is 0 Å². The molecule has 0 spiro atoms. The summed E-state index contributed by atoms with van der Waals surface area (Å²) in [6.07, 6.45) is 7.49. The van der Waals surface area contributed by atoms with E-state index in [9.17, 15) is 0 Å². The Hall–Kier alpha value is -1.26. The smallest absolute Gasteiger partial charge is 0.194 e. The van der Waals surface area contributed by atoms with Gasteiger partial charge in [0.25, 0.3) is 0 Å². The molecule has 1 N–H and O–H groups in total. The Morgan fingerprint density at radius 3 is 2.21 bits per heavy atom. The number of nitrogens with zero attached hydrogens (tertiary/aromatic N) is 4. The van der Waals surface area contributed by atoms with Crippen LogP contribution in [0.3, 0.4) is 0 Å². The third-order valence-corrected chi connectivity index (χ3v) is 7.75. The zero-order valence-electron chi connectivity index (χ0n) is 20.9. The summed E-state index contributed by atoms with van der Waals surface area (Å²) in [5.74, 6) is 2.63. The van der Waals surface area contributed by atoms with Crippen LogP contribution >= 0.6 is 24.0 Å². The second-order valence-corrected chi connectivity index (χ2v) is 9.62. The van der Waals surface area contributed by atoms with Crippen molar-refractivity contribution in [2.75, 3.05) is 67.6 Å². The first kappa shape index (κ1) is 26.3. The number of halogens is 1. The second-order valence-electron chi connectivity index (χ2n) is 9.62. The van der Waals surface area contributed by atoms with Crippen molar-refractivity contribution in [1.82, 2.24) is 20.0 Å². The molecule has 0 unspecified atom stereocenters. The van der Waals surface area contributed by atoms with Crippen molar-refractivity contribution < 1.29 is 9.47 Å². The van der Waals surface area contributed by atoms with E-state index in [1.807, 2.05) is 7.05 Å². The zero-order chi connectivity index (χ0) is 22.6. The standard InChI is InChI=1S/C25H41N5O2.HI/c1-26-24(29-13-8-20-16-22(31-3)23(32-4)17-21(20)18-29)27-19-25(9-14-28(2)15-10-25)30-11-6-5-7-12-30;/h16-17H,5-15,18-19H2,1-4H3,(H,26,27);1H. The molecule has 0 atom stereocenters. The summed E-state index contributed by atoms with van der Waals surface area (Å²) in [5.41, 5.74) is 2.88. The Labute approximate surface area is 216 Å². The number of likely N-dealkylation sites (tertiary alicyclic amines) is 2. The van der Waals surface area contributed by atoms with Crippen molar-refractivity contribution in [2.24, 2.45) is 4.99 Å². The van der Waals surface area contributed by atoms with E-state index in [0.717, 1.165) is 43.5 Å². The molecule has 0 aromatic heterocycles. The largest absolute Gasteiger partial charge is 0.493 e. The monoisotopic (exact) mass is 571 g/mol. The van der Waals surface area contributed by atoms with Gasteiger partial charge in [0.1, 0.15) is 0 Å². The molecule has 0 bridgehead atoms. The second kappa shape index (κ2) is 11.9. The summed E-state index contributed by atoms with van der Waals surface area (Å²) >= 11 is 0. The number of piperidine rings is 2. The van der Waals surface area contributed by atoms with Gasteiger partial charge in [0.05, 0.1) is 14.2 Å². The van der Waals surface area contributed by atoms with Gasteiger partial charge in [0.15, 0.2) is 17.5 Å². The lowest BCUT2D eigenvalue weighted by Crippen LogP contribution is -2.62. The highest BCUT2D eigenvalue weighted by atomic mass is 127. The van der Waals surface area contributed by atoms with Crippen LogP contribution in [-0.2, 0) is 13.0 Å². The molecule has 4 rings (SSSR count). The first-order valence-corrected chi connectivity index (χ1v) is 12.2. The van der Waals surface area contributed by atoms with Crippen molar-refractivity contribution in [3.05, 3.63) is 23.3 Å². The lowest BCUT2D eigenvalue weighted by atomic mass is 9.84. The van der Waals surface area contributed by atoms with Gasteiger partial charge in [-0.3, -0.25) is 9.89 Å². The van der Waals surface area contributed by atoms with Gasteiger partial charge in [0.2, 0.25) is 0 Å². The van der Waals surface area contributed by atoms with Crippen LogP contribution in [0.5, 0.6) is 11.5 Å². The fourth-order valence-corrected chi connectivity index (χ4v) is 5.65. The Kier molecular flexibility index (Phi) is 9.52. The van der Waals surface area contributed by atoms with Gasteiger partial charge in [0, 0.05) is 32.2 Å². The van der Waals surface area contributed by atoms with Crippen molar-refractivity contribution in [3.63, 3.8) is 0 Å². The molecule has 33 heavy (non-hydrogen) atoms. The maximum atomic E-state index is 5.54. The van der Waals surface area contributed by atoms with Gasteiger partial charge in [-0.05, 0) is 88.6 Å². The SMILES string of the molecule is CN=C(NCC1(N2CCCCC2)CCN(C)CC1)N1CCc2cc(OC)c(OC)cc2C1.I. The highest BCUT2D eigenvalue weighted by Crippen LogP contribution is 2.34. The summed E-state index contributed by atoms with van der Waals surface area (Å²) in [6.45, 7) is 7.61. The number of guanidine groups is 1. The van der Waals surface area contributed by atoms with Gasteiger partial charge in [-0.25, -0.2) is 0 Å². The molecule has 0 saturated carbocycles. The third kappa shape index (κ3) is 5.88. The first-order valence-electron chi connectivity index (χ1n) is 12.2. The van der Waals surface area contributed by atoms with Crippen LogP contribution < -0.4 is 14.8 Å². The van der Waals surface area contributed by atoms with Crippen molar-refractivity contribution in [2.45, 2.75) is 50.6 Å². The van der Waals surface area contributed by atoms with Crippen molar-refractivity contribution in [1.29, 1.82) is 0 Å². The molecule has 3 aliphatic rings. The van der Waals surface area contributed by atoms with E-state index in [4.69, 9.17) is 9.47 Å². The van der Waals surface area contributed by atoms with E-state index < -0.39 is 0 Å². The lowest BCUT2D eigenvalue weighted by molar-refractivity contribution is 0.0169. The topological polar surface area (TPSA) is 52.6 Å². The predicted molar refractivity (Wildman–Crippen MR) is 145 cm³/mol. The Bertz CT molecular complexity index is 804. The third-order valence-electron chi connectivity index (χ3n) is 7.75. The average molecular weight is 572 g/mol. The molecule has 0 aliphatic carbocycles. The number of ether oxygens (including phenoxy) is 2. The van der Waals surface area contributed by atoms with Gasteiger partial charge >= 0.3 is 0 Å². The Morgan fingerprint density at radius 2 is 1.61 bits per heavy atom. The summed E-state index contributed by atoms with van der Waals surface area (Å²) in [5, 5.41) is 3.80. The maximum absolute atomic E-state index is 5.54. The molecule has 8 heteroatoms. The number of hydrogen-bond donors (Lipinski definition) is 1. The molecule has 7 nitrogen and oxygen atoms in total. The summed E-state index contributed by atoms with van der Waals surface area (Å²) in [7, 11) is 7.56. The number of methoxy groups -OCH3 is 2. The normalized spacial score (nSPS) is 21.7. The van der Waals surface area contributed by atoms with Crippen LogP contribution in [0, 0.1) is 0 Å². The van der Waals surface area contributed by atoms with Crippen LogP contribution in [0.25, 0.3) is 0 Å². The van der Waals surface area contributed by atoms with Gasteiger partial charge < -0.3 is 24.6 Å². The number of nitrogens with one attached hydrogen (secondary N) is 1. The van der Waals surface area contributed by atoms with Gasteiger partial charge in [-0.15, -0.1) is 24.0 Å². The lowest BCUT2D eigenvalue weighted by Gasteiger charge is -2.50. The van der Waals surface area contributed by atoms with E-state index in [-0.39, 0.29) is 29.5 Å². The van der Waals surface area contributed by atoms with Crippen molar-refractivity contribution >= 4 is 29.9 Å². The van der Waals surface area contributed by atoms with Crippen LogP contribution in [0.15, 0.2) is 17.1 Å². The number of hydrogen-bond acceptors (Lipinski definition) is 5. The minimum Gasteiger partial charge on any atom is -0.493 e. The number of rotatable bonds is 5. The van der Waals surface area contributed by atoms with E-state index in [2.05, 4.69) is 44.2 Å². The summed E-state index contributed by atoms with van der Waals surface area (Å²) in [6, 6.07) is 4.26. The van der Waals surface area contributed by atoms with Crippen molar-refractivity contribution in [3.8, 4) is 11.5 Å². The number of aliphatic imine (C=N–C) groups is 1. The molecular weight excluding hydrogens is 529 g/mol. The van der Waals surface area contributed by atoms with Crippen LogP contribution in [-0.4, -0.2) is 93.8 Å². The molecule has 2 fully saturated rings. The molecule has 3 heterocycles. The quantitative estimate of drug-likeness (QED) is 0.333. The molecule has 0 amide bonds. The molecule has 3 aliphatic heterocycles. The number of fused-ring (bicyclic) bond motifs is 1. The molecule has 0 radical (unpaired) electrons. The van der Waals surface area contributed by atoms with Crippen LogP contribution in [0.4, 0.5) is 0 Å². The highest BCUT2D eigenvalue weighted by Gasteiger charge is 2.40. The highest BCUT2D eigenvalue weighted by molar-refractivity contribution is 14.0. The molecule has 1 aromatic carbocycles. The average Bonchev–Trinajstić information content (AvgIpc) is 2.85. The van der Waals surface area contributed by atoms with Gasteiger partial charge in [-0.2, -0.15) is 0 Å². The number of benzene rings is 1. The fourth-order valence-electron chi connectivity index (χ4n) is 5.65. The molecule has 2 saturated heterocycles. The zero-order valence-corrected chi connectivity index (χ0v) is 23.2. The van der Waals surface area contributed by atoms with E-state index in [1.165, 1.54) is 69.4 Å². The maximum Gasteiger partial charge on any atom is 0.194 e. The van der Waals surface area contributed by atoms with E-state index in [0.29, 0.717) is 0 Å². The minimum absolute atomic E-state index is 0. The molecule has 186 valence electrons. The first-order chi connectivity index (χ1) is 15.6. The predicted octanol–water partition coefficient (Wildman–Crippen LogP) is 3.21. The minimum atomic E-state index is 0. The van der Waals surface area contributed by atoms with Crippen LogP contribution in [0.1, 0.15) is 43.2 Å². The molecule has 1 aromatic rings. The molecular formula is C25H42IN5O2.